The van der Waals surface area contributed by atoms with Crippen molar-refractivity contribution in [1.82, 2.24) is 5.32 Å². The van der Waals surface area contributed by atoms with E-state index in [0.717, 1.165) is 37.7 Å². The minimum atomic E-state index is -1.07. The van der Waals surface area contributed by atoms with E-state index in [1.165, 1.54) is 5.56 Å². The van der Waals surface area contributed by atoms with Gasteiger partial charge in [-0.25, -0.2) is 0 Å². The second kappa shape index (κ2) is 14.3. The smallest absolute Gasteiger partial charge is 0.223 e. The summed E-state index contributed by atoms with van der Waals surface area (Å²) in [6, 6.07) is 19.2. The highest BCUT2D eigenvalue weighted by atomic mass is 16.8. The molecule has 2 aliphatic heterocycles. The fourth-order valence-corrected chi connectivity index (χ4v) is 5.16. The fraction of sp³-hybridized carbons (Fsp3) is 0.581. The Bertz CT molecular complexity index is 1000. The molecule has 0 unspecified atom stereocenters. The zero-order valence-electron chi connectivity index (χ0n) is 23.0. The average molecular weight is 542 g/mol. The molecule has 3 N–H and O–H groups in total. The number of hydrogen-bond acceptors (Lipinski definition) is 7. The van der Waals surface area contributed by atoms with Gasteiger partial charge >= 0.3 is 0 Å². The van der Waals surface area contributed by atoms with Gasteiger partial charge in [0.2, 0.25) is 5.91 Å². The first-order valence-electron chi connectivity index (χ1n) is 14.1. The van der Waals surface area contributed by atoms with Gasteiger partial charge in [0.1, 0.15) is 24.4 Å². The molecule has 0 bridgehead atoms. The zero-order valence-corrected chi connectivity index (χ0v) is 23.0. The molecule has 8 heteroatoms. The van der Waals surface area contributed by atoms with Crippen LogP contribution in [0.2, 0.25) is 0 Å². The predicted molar refractivity (Wildman–Crippen MR) is 147 cm³/mol. The van der Waals surface area contributed by atoms with Crippen molar-refractivity contribution in [2.75, 3.05) is 6.61 Å². The Kier molecular flexibility index (Phi) is 10.9. The molecule has 2 aromatic carbocycles. The van der Waals surface area contributed by atoms with Gasteiger partial charge in [0.05, 0.1) is 25.7 Å². The number of aryl methyl sites for hydroxylation is 1. The molecule has 39 heavy (non-hydrogen) atoms. The van der Waals surface area contributed by atoms with Gasteiger partial charge in [-0.1, -0.05) is 79.9 Å². The van der Waals surface area contributed by atoms with E-state index in [4.69, 9.17) is 18.9 Å². The molecule has 2 aromatic rings. The number of amides is 1. The summed E-state index contributed by atoms with van der Waals surface area (Å²) in [6.45, 7) is 4.05. The monoisotopic (exact) mass is 541 g/mol. The van der Waals surface area contributed by atoms with Crippen molar-refractivity contribution in [3.63, 3.8) is 0 Å². The van der Waals surface area contributed by atoms with E-state index in [0.29, 0.717) is 6.42 Å². The third kappa shape index (κ3) is 9.10. The van der Waals surface area contributed by atoms with E-state index in [9.17, 15) is 15.0 Å². The molecule has 6 atom stereocenters. The third-order valence-electron chi connectivity index (χ3n) is 7.29. The SMILES string of the molecule is CC1(C)OC[C@H]2O[C@@H](OCc3ccccc3)[C@H](NC(=O)C[C@@H](O)CCCCCCc3ccccc3)[C@@H](O)[C@@H]2O1. The van der Waals surface area contributed by atoms with Crippen LogP contribution in [-0.2, 0) is 36.8 Å². The number of carbonyl (C=O) groups excluding carboxylic acids is 1. The summed E-state index contributed by atoms with van der Waals surface area (Å²) in [5, 5.41) is 24.6. The van der Waals surface area contributed by atoms with Crippen LogP contribution in [0.5, 0.6) is 0 Å². The summed E-state index contributed by atoms with van der Waals surface area (Å²) in [7, 11) is 0. The molecule has 2 heterocycles. The summed E-state index contributed by atoms with van der Waals surface area (Å²) in [5.74, 6) is -1.24. The van der Waals surface area contributed by atoms with Crippen LogP contribution in [0.1, 0.15) is 63.5 Å². The highest BCUT2D eigenvalue weighted by Gasteiger charge is 2.51. The van der Waals surface area contributed by atoms with Crippen LogP contribution in [0.25, 0.3) is 0 Å². The van der Waals surface area contributed by atoms with Crippen molar-refractivity contribution in [3.05, 3.63) is 71.8 Å². The largest absolute Gasteiger partial charge is 0.393 e. The number of nitrogens with one attached hydrogen (secondary N) is 1. The number of carbonyl (C=O) groups is 1. The Labute approximate surface area is 231 Å². The Morgan fingerprint density at radius 2 is 1.69 bits per heavy atom. The molecule has 8 nitrogen and oxygen atoms in total. The van der Waals surface area contributed by atoms with Crippen LogP contribution in [0, 0.1) is 0 Å². The van der Waals surface area contributed by atoms with Gasteiger partial charge < -0.3 is 34.5 Å². The molecule has 1 amide bonds. The molecular formula is C31H43NO7. The fourth-order valence-electron chi connectivity index (χ4n) is 5.16. The van der Waals surface area contributed by atoms with E-state index in [2.05, 4.69) is 29.6 Å². The van der Waals surface area contributed by atoms with Gasteiger partial charge in [0, 0.05) is 0 Å². The summed E-state index contributed by atoms with van der Waals surface area (Å²) in [5.41, 5.74) is 2.29. The molecule has 2 aliphatic rings. The van der Waals surface area contributed by atoms with Crippen LogP contribution in [0.4, 0.5) is 0 Å². The van der Waals surface area contributed by atoms with E-state index in [1.54, 1.807) is 13.8 Å². The number of unbranched alkanes of at least 4 members (excludes halogenated alkanes) is 3. The van der Waals surface area contributed by atoms with Crippen molar-refractivity contribution in [3.8, 4) is 0 Å². The van der Waals surface area contributed by atoms with E-state index in [1.807, 2.05) is 36.4 Å². The number of aliphatic hydroxyl groups excluding tert-OH is 2. The number of benzene rings is 2. The normalized spacial score (nSPS) is 26.9. The minimum Gasteiger partial charge on any atom is -0.393 e. The highest BCUT2D eigenvalue weighted by Crippen LogP contribution is 2.33. The number of hydrogen-bond donors (Lipinski definition) is 3. The standard InChI is InChI=1S/C31H43NO7/c1-31(2)37-21-25-29(39-31)28(35)27(30(38-25)36-20-23-16-10-6-11-17-23)32-26(34)19-24(33)18-12-4-3-7-13-22-14-8-5-9-15-22/h5-6,8-11,14-17,24-25,27-30,33,35H,3-4,7,12-13,18-21H2,1-2H3,(H,32,34)/t24-,25+,27+,28+,29+,30+/m0/s1. The Balaban J connectivity index is 1.25. The Morgan fingerprint density at radius 3 is 2.41 bits per heavy atom. The lowest BCUT2D eigenvalue weighted by molar-refractivity contribution is -0.369. The molecule has 0 saturated carbocycles. The minimum absolute atomic E-state index is 0.0534. The van der Waals surface area contributed by atoms with Crippen LogP contribution < -0.4 is 5.32 Å². The second-order valence-corrected chi connectivity index (χ2v) is 11.0. The van der Waals surface area contributed by atoms with Crippen LogP contribution in [-0.4, -0.2) is 65.3 Å². The Morgan fingerprint density at radius 1 is 1.03 bits per heavy atom. The first kappa shape index (κ1) is 29.6. The number of rotatable bonds is 13. The van der Waals surface area contributed by atoms with Gasteiger partial charge in [-0.05, 0) is 44.2 Å². The highest BCUT2D eigenvalue weighted by molar-refractivity contribution is 5.76. The van der Waals surface area contributed by atoms with Crippen molar-refractivity contribution >= 4 is 5.91 Å². The second-order valence-electron chi connectivity index (χ2n) is 11.0. The molecule has 0 spiro atoms. The van der Waals surface area contributed by atoms with Gasteiger partial charge in [0.15, 0.2) is 12.1 Å². The van der Waals surface area contributed by atoms with Gasteiger partial charge in [-0.3, -0.25) is 4.79 Å². The molecule has 2 saturated heterocycles. The maximum absolute atomic E-state index is 12.9. The van der Waals surface area contributed by atoms with Crippen LogP contribution in [0.3, 0.4) is 0 Å². The molecule has 214 valence electrons. The van der Waals surface area contributed by atoms with Crippen LogP contribution >= 0.6 is 0 Å². The molecule has 0 aliphatic carbocycles. The van der Waals surface area contributed by atoms with Gasteiger partial charge in [-0.15, -0.1) is 0 Å². The van der Waals surface area contributed by atoms with Crippen molar-refractivity contribution in [1.29, 1.82) is 0 Å². The number of fused-ring (bicyclic) bond motifs is 1. The lowest BCUT2D eigenvalue weighted by Crippen LogP contribution is -2.68. The molecule has 2 fully saturated rings. The van der Waals surface area contributed by atoms with E-state index < -0.39 is 42.5 Å². The maximum atomic E-state index is 12.9. The lowest BCUT2D eigenvalue weighted by Gasteiger charge is -2.49. The predicted octanol–water partition coefficient (Wildman–Crippen LogP) is 3.87. The number of ether oxygens (including phenoxy) is 4. The van der Waals surface area contributed by atoms with Gasteiger partial charge in [0.25, 0.3) is 0 Å². The molecule has 0 radical (unpaired) electrons. The van der Waals surface area contributed by atoms with Gasteiger partial charge in [-0.2, -0.15) is 0 Å². The van der Waals surface area contributed by atoms with Crippen molar-refractivity contribution in [2.24, 2.45) is 0 Å². The van der Waals surface area contributed by atoms with Crippen LogP contribution in [0.15, 0.2) is 60.7 Å². The van der Waals surface area contributed by atoms with E-state index in [-0.39, 0.29) is 25.5 Å². The molecular weight excluding hydrogens is 498 g/mol. The number of aliphatic hydroxyl groups is 2. The summed E-state index contributed by atoms with van der Waals surface area (Å²) in [6.07, 6.45) is 1.67. The molecule has 4 rings (SSSR count). The quantitative estimate of drug-likeness (QED) is 0.331. The summed E-state index contributed by atoms with van der Waals surface area (Å²) >= 11 is 0. The van der Waals surface area contributed by atoms with Crippen molar-refractivity contribution < 1.29 is 34.0 Å². The topological polar surface area (TPSA) is 106 Å². The first-order chi connectivity index (χ1) is 18.8. The first-order valence-corrected chi connectivity index (χ1v) is 14.1. The lowest BCUT2D eigenvalue weighted by atomic mass is 9.95. The van der Waals surface area contributed by atoms with E-state index >= 15 is 0 Å². The summed E-state index contributed by atoms with van der Waals surface area (Å²) < 4.78 is 23.8. The maximum Gasteiger partial charge on any atom is 0.223 e. The molecule has 0 aromatic heterocycles. The van der Waals surface area contributed by atoms with Crippen molar-refractivity contribution in [2.45, 2.75) is 108 Å². The zero-order chi connectivity index (χ0) is 27.7. The third-order valence-corrected chi connectivity index (χ3v) is 7.29. The Hall–Kier alpha value is -2.33. The summed E-state index contributed by atoms with van der Waals surface area (Å²) in [4.78, 5) is 12.9. The average Bonchev–Trinajstić information content (AvgIpc) is 2.92.